The SMILES string of the molecule is CC(=O)CNC(=O)c1snnc1C. The van der Waals surface area contributed by atoms with Crippen molar-refractivity contribution in [1.82, 2.24) is 14.9 Å². The molecule has 1 amide bonds. The summed E-state index contributed by atoms with van der Waals surface area (Å²) in [5.74, 6) is -0.369. The van der Waals surface area contributed by atoms with E-state index in [9.17, 15) is 9.59 Å². The van der Waals surface area contributed by atoms with Crippen LogP contribution in [0.2, 0.25) is 0 Å². The molecule has 0 unspecified atom stereocenters. The van der Waals surface area contributed by atoms with E-state index in [0.717, 1.165) is 11.5 Å². The highest BCUT2D eigenvalue weighted by molar-refractivity contribution is 7.08. The van der Waals surface area contributed by atoms with Crippen molar-refractivity contribution in [3.05, 3.63) is 10.6 Å². The first kappa shape index (κ1) is 9.79. The molecule has 13 heavy (non-hydrogen) atoms. The number of aromatic nitrogens is 2. The maximum atomic E-state index is 11.3. The van der Waals surface area contributed by atoms with Crippen LogP contribution in [0, 0.1) is 6.92 Å². The molecule has 0 fully saturated rings. The lowest BCUT2D eigenvalue weighted by Crippen LogP contribution is -2.28. The van der Waals surface area contributed by atoms with Crippen molar-refractivity contribution in [3.63, 3.8) is 0 Å². The van der Waals surface area contributed by atoms with Crippen LogP contribution in [0.15, 0.2) is 0 Å². The Labute approximate surface area is 79.3 Å². The molecule has 0 radical (unpaired) electrons. The summed E-state index contributed by atoms with van der Waals surface area (Å²) in [5, 5.41) is 6.15. The molecular weight excluding hydrogens is 190 g/mol. The van der Waals surface area contributed by atoms with Crippen LogP contribution in [0.5, 0.6) is 0 Å². The number of Topliss-reactive ketones (excluding diaryl/α,β-unsaturated/α-hetero) is 1. The molecule has 70 valence electrons. The Kier molecular flexibility index (Phi) is 3.07. The zero-order valence-electron chi connectivity index (χ0n) is 7.33. The molecule has 6 heteroatoms. The largest absolute Gasteiger partial charge is 0.344 e. The summed E-state index contributed by atoms with van der Waals surface area (Å²) in [7, 11) is 0. The molecule has 1 heterocycles. The third-order valence-corrected chi connectivity index (χ3v) is 2.18. The summed E-state index contributed by atoms with van der Waals surface area (Å²) in [6.45, 7) is 3.17. The van der Waals surface area contributed by atoms with Crippen LogP contribution in [0.25, 0.3) is 0 Å². The lowest BCUT2D eigenvalue weighted by molar-refractivity contribution is -0.116. The van der Waals surface area contributed by atoms with Gasteiger partial charge in [0.2, 0.25) is 0 Å². The minimum Gasteiger partial charge on any atom is -0.344 e. The van der Waals surface area contributed by atoms with E-state index in [4.69, 9.17) is 0 Å². The van der Waals surface area contributed by atoms with Gasteiger partial charge in [0.1, 0.15) is 10.7 Å². The standard InChI is InChI=1S/C7H9N3O2S/c1-4(11)3-8-7(12)6-5(2)9-10-13-6/h3H2,1-2H3,(H,8,12). The smallest absolute Gasteiger partial charge is 0.265 e. The van der Waals surface area contributed by atoms with Crippen LogP contribution in [0.3, 0.4) is 0 Å². The molecule has 0 aliphatic carbocycles. The normalized spacial score (nSPS) is 9.69. The van der Waals surface area contributed by atoms with Crippen LogP contribution >= 0.6 is 11.5 Å². The molecule has 1 N–H and O–H groups in total. The first-order valence-electron chi connectivity index (χ1n) is 3.68. The van der Waals surface area contributed by atoms with E-state index in [2.05, 4.69) is 14.9 Å². The minimum absolute atomic E-state index is 0.0518. The van der Waals surface area contributed by atoms with E-state index in [0.29, 0.717) is 10.6 Å². The average Bonchev–Trinajstić information content (AvgIpc) is 2.47. The summed E-state index contributed by atoms with van der Waals surface area (Å²) in [4.78, 5) is 22.3. The number of carbonyl (C=O) groups is 2. The highest BCUT2D eigenvalue weighted by Gasteiger charge is 2.12. The topological polar surface area (TPSA) is 72.0 Å². The number of amides is 1. The molecule has 0 saturated heterocycles. The van der Waals surface area contributed by atoms with Gasteiger partial charge >= 0.3 is 0 Å². The maximum absolute atomic E-state index is 11.3. The molecular formula is C7H9N3O2S. The number of carbonyl (C=O) groups excluding carboxylic acids is 2. The molecule has 0 spiro atoms. The summed E-state index contributed by atoms with van der Waals surface area (Å²) < 4.78 is 3.62. The van der Waals surface area contributed by atoms with Gasteiger partial charge in [-0.2, -0.15) is 0 Å². The second kappa shape index (κ2) is 4.08. The van der Waals surface area contributed by atoms with Crippen molar-refractivity contribution in [3.8, 4) is 0 Å². The average molecular weight is 199 g/mol. The fraction of sp³-hybridized carbons (Fsp3) is 0.429. The van der Waals surface area contributed by atoms with Crippen molar-refractivity contribution >= 4 is 23.2 Å². The Balaban J connectivity index is 2.59. The Morgan fingerprint density at radius 1 is 1.54 bits per heavy atom. The lowest BCUT2D eigenvalue weighted by atomic mass is 10.3. The number of hydrogen-bond acceptors (Lipinski definition) is 5. The van der Waals surface area contributed by atoms with Crippen LogP contribution in [0.1, 0.15) is 22.3 Å². The van der Waals surface area contributed by atoms with E-state index < -0.39 is 0 Å². The molecule has 0 aliphatic heterocycles. The number of nitrogens with zero attached hydrogens (tertiary/aromatic N) is 2. The number of ketones is 1. The zero-order valence-corrected chi connectivity index (χ0v) is 8.14. The van der Waals surface area contributed by atoms with Crippen molar-refractivity contribution < 1.29 is 9.59 Å². The maximum Gasteiger partial charge on any atom is 0.265 e. The molecule has 5 nitrogen and oxygen atoms in total. The monoisotopic (exact) mass is 199 g/mol. The Hall–Kier alpha value is -1.30. The highest BCUT2D eigenvalue weighted by atomic mass is 32.1. The van der Waals surface area contributed by atoms with Gasteiger partial charge in [0.05, 0.1) is 12.2 Å². The van der Waals surface area contributed by atoms with Crippen molar-refractivity contribution in [1.29, 1.82) is 0 Å². The molecule has 1 aromatic rings. The summed E-state index contributed by atoms with van der Waals surface area (Å²) in [6, 6.07) is 0. The molecule has 0 saturated carbocycles. The van der Waals surface area contributed by atoms with E-state index >= 15 is 0 Å². The zero-order chi connectivity index (χ0) is 9.84. The van der Waals surface area contributed by atoms with Crippen LogP contribution < -0.4 is 5.32 Å². The lowest BCUT2D eigenvalue weighted by Gasteiger charge is -1.98. The van der Waals surface area contributed by atoms with E-state index in [1.54, 1.807) is 6.92 Å². The van der Waals surface area contributed by atoms with Gasteiger partial charge in [-0.15, -0.1) is 5.10 Å². The molecule has 0 aliphatic rings. The van der Waals surface area contributed by atoms with Gasteiger partial charge in [0.15, 0.2) is 0 Å². The fourth-order valence-electron chi connectivity index (χ4n) is 0.725. The van der Waals surface area contributed by atoms with Crippen LogP contribution in [-0.4, -0.2) is 27.8 Å². The molecule has 0 aromatic carbocycles. The molecule has 0 atom stereocenters. The predicted molar refractivity (Wildman–Crippen MR) is 47.7 cm³/mol. The predicted octanol–water partition coefficient (Wildman–Crippen LogP) is 0.165. The van der Waals surface area contributed by atoms with Gasteiger partial charge in [-0.05, 0) is 25.4 Å². The molecule has 0 bridgehead atoms. The minimum atomic E-state index is -0.289. The Morgan fingerprint density at radius 3 is 2.69 bits per heavy atom. The van der Waals surface area contributed by atoms with Gasteiger partial charge in [-0.25, -0.2) is 0 Å². The summed E-state index contributed by atoms with van der Waals surface area (Å²) in [6.07, 6.45) is 0. The second-order valence-electron chi connectivity index (χ2n) is 2.57. The Bertz CT molecular complexity index is 334. The Morgan fingerprint density at radius 2 is 2.23 bits per heavy atom. The van der Waals surface area contributed by atoms with E-state index in [-0.39, 0.29) is 18.2 Å². The summed E-state index contributed by atoms with van der Waals surface area (Å²) >= 11 is 1.02. The second-order valence-corrected chi connectivity index (χ2v) is 3.33. The van der Waals surface area contributed by atoms with Crippen LogP contribution in [0.4, 0.5) is 0 Å². The van der Waals surface area contributed by atoms with Gasteiger partial charge in [0.25, 0.3) is 5.91 Å². The summed E-state index contributed by atoms with van der Waals surface area (Å²) in [5.41, 5.74) is 0.589. The van der Waals surface area contributed by atoms with Gasteiger partial charge in [0, 0.05) is 0 Å². The van der Waals surface area contributed by atoms with Crippen LogP contribution in [-0.2, 0) is 4.79 Å². The molecule has 1 rings (SSSR count). The number of hydrogen-bond donors (Lipinski definition) is 1. The van der Waals surface area contributed by atoms with Gasteiger partial charge in [-0.1, -0.05) is 4.49 Å². The first-order valence-corrected chi connectivity index (χ1v) is 4.45. The van der Waals surface area contributed by atoms with Gasteiger partial charge in [-0.3, -0.25) is 9.59 Å². The third kappa shape index (κ3) is 2.59. The van der Waals surface area contributed by atoms with Crippen molar-refractivity contribution in [2.75, 3.05) is 6.54 Å². The molecule has 1 aromatic heterocycles. The quantitative estimate of drug-likeness (QED) is 0.753. The number of aryl methyl sites for hydroxylation is 1. The van der Waals surface area contributed by atoms with Gasteiger partial charge < -0.3 is 5.32 Å². The third-order valence-electron chi connectivity index (χ3n) is 1.36. The van der Waals surface area contributed by atoms with E-state index in [1.165, 1.54) is 6.92 Å². The number of rotatable bonds is 3. The number of nitrogens with one attached hydrogen (secondary N) is 1. The van der Waals surface area contributed by atoms with Crippen molar-refractivity contribution in [2.24, 2.45) is 0 Å². The fourth-order valence-corrected chi connectivity index (χ4v) is 1.30. The highest BCUT2D eigenvalue weighted by Crippen LogP contribution is 2.07. The van der Waals surface area contributed by atoms with Crippen molar-refractivity contribution in [2.45, 2.75) is 13.8 Å². The van der Waals surface area contributed by atoms with E-state index in [1.807, 2.05) is 0 Å². The first-order chi connectivity index (χ1) is 6.11.